The van der Waals surface area contributed by atoms with Crippen molar-refractivity contribution in [3.63, 3.8) is 0 Å². The summed E-state index contributed by atoms with van der Waals surface area (Å²) in [6.45, 7) is 0. The molecule has 1 atom stereocenters. The number of hydrogen-bond acceptors (Lipinski definition) is 6. The van der Waals surface area contributed by atoms with Crippen molar-refractivity contribution < 1.29 is 13.2 Å². The second-order valence-electron chi connectivity index (χ2n) is 8.37. The minimum absolute atomic E-state index is 0.0984. The predicted molar refractivity (Wildman–Crippen MR) is 122 cm³/mol. The van der Waals surface area contributed by atoms with Crippen LogP contribution < -0.4 is 10.9 Å². The summed E-state index contributed by atoms with van der Waals surface area (Å²) in [5, 5.41) is 3.09. The van der Waals surface area contributed by atoms with Gasteiger partial charge in [0.05, 0.1) is 22.1 Å². The molecular weight excluding hydrogens is 428 g/mol. The molecule has 0 aliphatic heterocycles. The van der Waals surface area contributed by atoms with Crippen LogP contribution in [0.25, 0.3) is 10.9 Å². The second-order valence-corrected chi connectivity index (χ2v) is 10.4. The van der Waals surface area contributed by atoms with E-state index in [1.54, 1.807) is 24.4 Å². The largest absolute Gasteiger partial charge is 0.309 e. The van der Waals surface area contributed by atoms with Crippen LogP contribution in [0, 0.1) is 5.92 Å². The molecule has 168 valence electrons. The van der Waals surface area contributed by atoms with Crippen molar-refractivity contribution in [2.75, 3.05) is 11.6 Å². The fourth-order valence-electron chi connectivity index (χ4n) is 4.30. The number of rotatable bonds is 6. The quantitative estimate of drug-likeness (QED) is 0.611. The van der Waals surface area contributed by atoms with Crippen LogP contribution in [0.1, 0.15) is 44.6 Å². The average molecular weight is 455 g/mol. The molecule has 1 unspecified atom stereocenters. The van der Waals surface area contributed by atoms with Crippen LogP contribution in [-0.2, 0) is 14.6 Å². The van der Waals surface area contributed by atoms with Gasteiger partial charge in [-0.2, -0.15) is 0 Å². The highest BCUT2D eigenvalue weighted by Crippen LogP contribution is 2.31. The zero-order valence-electron chi connectivity index (χ0n) is 17.9. The van der Waals surface area contributed by atoms with E-state index in [1.165, 1.54) is 35.5 Å². The van der Waals surface area contributed by atoms with Gasteiger partial charge in [-0.25, -0.2) is 18.4 Å². The number of nitrogens with zero attached hydrogens (tertiary/aromatic N) is 3. The second kappa shape index (κ2) is 9.20. The number of hydrogen-bond donors (Lipinski definition) is 1. The van der Waals surface area contributed by atoms with Gasteiger partial charge in [0.15, 0.2) is 9.84 Å². The Labute approximate surface area is 186 Å². The molecule has 1 fully saturated rings. The van der Waals surface area contributed by atoms with Crippen molar-refractivity contribution in [1.29, 1.82) is 0 Å². The van der Waals surface area contributed by atoms with Gasteiger partial charge in [0.1, 0.15) is 11.9 Å². The first-order chi connectivity index (χ1) is 15.3. The topological polar surface area (TPSA) is 111 Å². The lowest BCUT2D eigenvalue weighted by molar-refractivity contribution is -0.120. The SMILES string of the molecule is CS(=O)(=O)c1ccc2c(=O)n(C(CC3CCCCC3)C(=O)Nc3ccccn3)cnc2c1. The summed E-state index contributed by atoms with van der Waals surface area (Å²) in [5.74, 6) is 0.453. The molecule has 0 bridgehead atoms. The minimum Gasteiger partial charge on any atom is -0.309 e. The lowest BCUT2D eigenvalue weighted by atomic mass is 9.84. The Morgan fingerprint density at radius 1 is 1.16 bits per heavy atom. The Morgan fingerprint density at radius 2 is 1.94 bits per heavy atom. The van der Waals surface area contributed by atoms with Gasteiger partial charge in [-0.15, -0.1) is 0 Å². The van der Waals surface area contributed by atoms with Gasteiger partial charge in [-0.1, -0.05) is 38.2 Å². The molecular formula is C23H26N4O4S. The summed E-state index contributed by atoms with van der Waals surface area (Å²) in [6.07, 6.45) is 10.1. The number of amides is 1. The average Bonchev–Trinajstić information content (AvgIpc) is 2.78. The van der Waals surface area contributed by atoms with E-state index in [0.29, 0.717) is 18.2 Å². The smallest absolute Gasteiger partial charge is 0.261 e. The van der Waals surface area contributed by atoms with Crippen molar-refractivity contribution >= 4 is 32.5 Å². The third kappa shape index (κ3) is 4.88. The van der Waals surface area contributed by atoms with Crippen LogP contribution in [0.2, 0.25) is 0 Å². The third-order valence-corrected chi connectivity index (χ3v) is 7.13. The lowest BCUT2D eigenvalue weighted by Crippen LogP contribution is -2.35. The molecule has 3 aromatic rings. The summed E-state index contributed by atoms with van der Waals surface area (Å²) in [4.78, 5) is 35.1. The molecule has 4 rings (SSSR count). The summed E-state index contributed by atoms with van der Waals surface area (Å²) in [7, 11) is -3.42. The third-order valence-electron chi connectivity index (χ3n) is 6.02. The summed E-state index contributed by atoms with van der Waals surface area (Å²) < 4.78 is 25.1. The van der Waals surface area contributed by atoms with E-state index in [0.717, 1.165) is 31.9 Å². The van der Waals surface area contributed by atoms with Crippen molar-refractivity contribution in [3.05, 3.63) is 59.3 Å². The number of pyridine rings is 1. The van der Waals surface area contributed by atoms with E-state index in [-0.39, 0.29) is 27.3 Å². The van der Waals surface area contributed by atoms with Gasteiger partial charge in [0.25, 0.3) is 5.56 Å². The maximum atomic E-state index is 13.3. The molecule has 2 heterocycles. The first kappa shape index (κ1) is 22.1. The van der Waals surface area contributed by atoms with E-state index in [4.69, 9.17) is 0 Å². The normalized spacial score (nSPS) is 16.0. The molecule has 8 nitrogen and oxygen atoms in total. The molecule has 1 aliphatic carbocycles. The van der Waals surface area contributed by atoms with Crippen LogP contribution in [0.3, 0.4) is 0 Å². The van der Waals surface area contributed by atoms with Gasteiger partial charge >= 0.3 is 0 Å². The highest BCUT2D eigenvalue weighted by molar-refractivity contribution is 7.90. The molecule has 0 saturated heterocycles. The minimum atomic E-state index is -3.42. The molecule has 1 N–H and O–H groups in total. The van der Waals surface area contributed by atoms with Crippen LogP contribution >= 0.6 is 0 Å². The molecule has 32 heavy (non-hydrogen) atoms. The van der Waals surface area contributed by atoms with Crippen molar-refractivity contribution in [3.8, 4) is 0 Å². The number of fused-ring (bicyclic) bond motifs is 1. The molecule has 0 radical (unpaired) electrons. The molecule has 9 heteroatoms. The molecule has 0 spiro atoms. The zero-order chi connectivity index (χ0) is 22.7. The number of sulfone groups is 1. The van der Waals surface area contributed by atoms with Crippen molar-refractivity contribution in [2.24, 2.45) is 5.92 Å². The van der Waals surface area contributed by atoms with Gasteiger partial charge in [0.2, 0.25) is 5.91 Å². The number of aromatic nitrogens is 3. The molecule has 2 aromatic heterocycles. The molecule has 1 amide bonds. The van der Waals surface area contributed by atoms with E-state index in [9.17, 15) is 18.0 Å². The number of nitrogens with one attached hydrogen (secondary N) is 1. The Hall–Kier alpha value is -3.07. The first-order valence-corrected chi connectivity index (χ1v) is 12.6. The zero-order valence-corrected chi connectivity index (χ0v) is 18.7. The van der Waals surface area contributed by atoms with E-state index in [2.05, 4.69) is 15.3 Å². The van der Waals surface area contributed by atoms with Gasteiger partial charge in [0, 0.05) is 12.5 Å². The van der Waals surface area contributed by atoms with Gasteiger partial charge in [-0.05, 0) is 42.7 Å². The Morgan fingerprint density at radius 3 is 2.62 bits per heavy atom. The summed E-state index contributed by atoms with van der Waals surface area (Å²) >= 11 is 0. The lowest BCUT2D eigenvalue weighted by Gasteiger charge is -2.27. The van der Waals surface area contributed by atoms with E-state index in [1.807, 2.05) is 0 Å². The predicted octanol–water partition coefficient (Wildman–Crippen LogP) is 3.35. The van der Waals surface area contributed by atoms with Gasteiger partial charge < -0.3 is 5.32 Å². The monoisotopic (exact) mass is 454 g/mol. The Balaban J connectivity index is 1.72. The number of carbonyl (C=O) groups excluding carboxylic acids is 1. The maximum absolute atomic E-state index is 13.3. The van der Waals surface area contributed by atoms with E-state index >= 15 is 0 Å². The number of benzene rings is 1. The van der Waals surface area contributed by atoms with Crippen molar-refractivity contribution in [1.82, 2.24) is 14.5 Å². The highest BCUT2D eigenvalue weighted by Gasteiger charge is 2.28. The summed E-state index contributed by atoms with van der Waals surface area (Å²) in [5.41, 5.74) is -0.0808. The van der Waals surface area contributed by atoms with E-state index < -0.39 is 15.9 Å². The molecule has 1 aromatic carbocycles. The Kier molecular flexibility index (Phi) is 6.36. The van der Waals surface area contributed by atoms with Crippen molar-refractivity contribution in [2.45, 2.75) is 49.5 Å². The molecule has 1 aliphatic rings. The maximum Gasteiger partial charge on any atom is 0.261 e. The van der Waals surface area contributed by atoms with Gasteiger partial charge in [-0.3, -0.25) is 14.2 Å². The fourth-order valence-corrected chi connectivity index (χ4v) is 4.94. The number of carbonyl (C=O) groups is 1. The van der Waals surface area contributed by atoms with Crippen LogP contribution in [0.4, 0.5) is 5.82 Å². The fraction of sp³-hybridized carbons (Fsp3) is 0.391. The van der Waals surface area contributed by atoms with Crippen LogP contribution in [0.5, 0.6) is 0 Å². The van der Waals surface area contributed by atoms with Crippen LogP contribution in [-0.4, -0.2) is 35.1 Å². The summed E-state index contributed by atoms with van der Waals surface area (Å²) in [6, 6.07) is 8.75. The Bertz CT molecular complexity index is 1280. The molecule has 1 saturated carbocycles. The number of anilines is 1. The highest BCUT2D eigenvalue weighted by atomic mass is 32.2. The standard InChI is InChI=1S/C23H26N4O4S/c1-32(30,31)17-10-11-18-19(14-17)25-15-27(23(18)29)20(13-16-7-3-2-4-8-16)22(28)26-21-9-5-6-12-24-21/h5-6,9-12,14-16,20H,2-4,7-8,13H2,1H3,(H,24,26,28). The van der Waals surface area contributed by atoms with Crippen LogP contribution in [0.15, 0.2) is 58.6 Å². The first-order valence-electron chi connectivity index (χ1n) is 10.8.